The Morgan fingerprint density at radius 2 is 1.87 bits per heavy atom. The average molecular weight is 432 g/mol. The van der Waals surface area contributed by atoms with E-state index in [-0.39, 0.29) is 5.56 Å². The first kappa shape index (κ1) is 21.0. The molecule has 4 rings (SSSR count). The number of hydrogen-bond acceptors (Lipinski definition) is 5. The third-order valence-corrected chi connectivity index (χ3v) is 5.57. The number of hydrogen-bond donors (Lipinski definition) is 1. The molecule has 164 valence electrons. The number of methoxy groups -OCH3 is 2. The molecular weight excluding hydrogens is 409 g/mol. The zero-order valence-corrected chi connectivity index (χ0v) is 17.7. The zero-order valence-electron chi connectivity index (χ0n) is 17.7. The van der Waals surface area contributed by atoms with Crippen LogP contribution in [0.25, 0.3) is 10.9 Å². The van der Waals surface area contributed by atoms with Gasteiger partial charge in [-0.3, -0.25) is 4.99 Å². The lowest BCUT2D eigenvalue weighted by atomic mass is 9.97. The molecule has 3 aromatic rings. The molecule has 0 radical (unpaired) electrons. The number of aromatic nitrogens is 2. The largest absolute Gasteiger partial charge is 0.493 e. The van der Waals surface area contributed by atoms with Gasteiger partial charge < -0.3 is 19.4 Å². The summed E-state index contributed by atoms with van der Waals surface area (Å²) in [4.78, 5) is 9.37. The van der Waals surface area contributed by atoms with Gasteiger partial charge >= 0.3 is 6.18 Å². The molecule has 1 atom stereocenters. The lowest BCUT2D eigenvalue weighted by molar-refractivity contribution is -0.138. The molecule has 9 heteroatoms. The summed E-state index contributed by atoms with van der Waals surface area (Å²) in [7, 11) is 3.11. The van der Waals surface area contributed by atoms with Crippen LogP contribution in [0.4, 0.5) is 19.1 Å². The Bertz CT molecular complexity index is 1220. The van der Waals surface area contributed by atoms with Crippen molar-refractivity contribution in [3.8, 4) is 11.5 Å². The molecule has 0 fully saturated rings. The summed E-state index contributed by atoms with van der Waals surface area (Å²) in [6.07, 6.45) is -4.41. The third kappa shape index (κ3) is 3.68. The number of anilines is 1. The molecule has 0 spiro atoms. The topological polar surface area (TPSA) is 60.7 Å². The third-order valence-electron chi connectivity index (χ3n) is 5.57. The summed E-state index contributed by atoms with van der Waals surface area (Å²) in [5.74, 6) is 1.77. The monoisotopic (exact) mass is 432 g/mol. The van der Waals surface area contributed by atoms with E-state index in [2.05, 4.69) is 10.3 Å². The smallest absolute Gasteiger partial charge is 0.416 e. The van der Waals surface area contributed by atoms with Crippen LogP contribution < -0.4 is 20.3 Å². The van der Waals surface area contributed by atoms with Crippen LogP contribution in [-0.4, -0.2) is 30.3 Å². The molecule has 2 aromatic carbocycles. The lowest BCUT2D eigenvalue weighted by Crippen LogP contribution is -2.17. The van der Waals surface area contributed by atoms with Gasteiger partial charge in [-0.15, -0.1) is 0 Å². The zero-order chi connectivity index (χ0) is 22.3. The second-order valence-electron chi connectivity index (χ2n) is 7.38. The van der Waals surface area contributed by atoms with E-state index < -0.39 is 17.8 Å². The van der Waals surface area contributed by atoms with Crippen molar-refractivity contribution in [2.24, 2.45) is 4.99 Å². The molecule has 1 N–H and O–H groups in total. The second-order valence-corrected chi connectivity index (χ2v) is 7.38. The molecule has 0 saturated heterocycles. The van der Waals surface area contributed by atoms with E-state index in [4.69, 9.17) is 14.5 Å². The standard InChI is InChI=1S/C22H23F3N4O2/c1-12-14(6-5-7-16(12)22(23,24)25)13(2)27-20-15-10-18(30-3)19(31-4)11-17(15)29-9-8-26-21(29)28-20/h5-7,10-11,13H,8-9H2,1-4H3,(H,26,27,28). The van der Waals surface area contributed by atoms with Gasteiger partial charge in [0.25, 0.3) is 0 Å². The van der Waals surface area contributed by atoms with Crippen molar-refractivity contribution in [1.29, 1.82) is 0 Å². The van der Waals surface area contributed by atoms with Gasteiger partial charge in [-0.25, -0.2) is 0 Å². The summed E-state index contributed by atoms with van der Waals surface area (Å²) in [6.45, 7) is 4.70. The first-order valence-corrected chi connectivity index (χ1v) is 9.85. The maximum atomic E-state index is 13.4. The fourth-order valence-corrected chi connectivity index (χ4v) is 4.01. The normalized spacial score (nSPS) is 15.0. The van der Waals surface area contributed by atoms with Crippen molar-refractivity contribution in [3.05, 3.63) is 52.5 Å². The minimum Gasteiger partial charge on any atom is -0.493 e. The number of fused-ring (bicyclic) bond motifs is 3. The van der Waals surface area contributed by atoms with Crippen molar-refractivity contribution in [3.63, 3.8) is 0 Å². The van der Waals surface area contributed by atoms with E-state index >= 15 is 0 Å². The predicted octanol–water partition coefficient (Wildman–Crippen LogP) is 4.47. The van der Waals surface area contributed by atoms with Crippen molar-refractivity contribution in [2.75, 3.05) is 26.1 Å². The fourth-order valence-electron chi connectivity index (χ4n) is 4.01. The summed E-state index contributed by atoms with van der Waals surface area (Å²) in [6, 6.07) is 7.31. The number of rotatable bonds is 4. The van der Waals surface area contributed by atoms with E-state index in [1.165, 1.54) is 13.0 Å². The van der Waals surface area contributed by atoms with Crippen LogP contribution in [0.15, 0.2) is 35.3 Å². The van der Waals surface area contributed by atoms with E-state index in [0.717, 1.165) is 30.1 Å². The molecule has 31 heavy (non-hydrogen) atoms. The number of ether oxygens (including phenoxy) is 2. The van der Waals surface area contributed by atoms with Gasteiger partial charge in [0.1, 0.15) is 0 Å². The Labute approximate surface area is 177 Å². The molecule has 1 aliphatic heterocycles. The van der Waals surface area contributed by atoms with E-state index in [9.17, 15) is 13.2 Å². The SMILES string of the molecule is COc1cc2c(=NC(C)c3cccc(C(F)(F)F)c3C)nc3n(c2cc1OC)CCN3. The van der Waals surface area contributed by atoms with E-state index in [0.29, 0.717) is 28.5 Å². The first-order chi connectivity index (χ1) is 14.7. The molecule has 2 heterocycles. The highest BCUT2D eigenvalue weighted by Gasteiger charge is 2.33. The summed E-state index contributed by atoms with van der Waals surface area (Å²) >= 11 is 0. The van der Waals surface area contributed by atoms with Crippen LogP contribution in [0.1, 0.15) is 29.7 Å². The maximum absolute atomic E-state index is 13.4. The summed E-state index contributed by atoms with van der Waals surface area (Å²) in [5, 5.41) is 3.96. The first-order valence-electron chi connectivity index (χ1n) is 9.85. The minimum absolute atomic E-state index is 0.170. The number of nitrogens with zero attached hydrogens (tertiary/aromatic N) is 3. The van der Waals surface area contributed by atoms with Gasteiger partial charge in [0.15, 0.2) is 17.0 Å². The maximum Gasteiger partial charge on any atom is 0.416 e. The number of benzene rings is 2. The lowest BCUT2D eigenvalue weighted by Gasteiger charge is -2.17. The molecule has 1 aliphatic rings. The van der Waals surface area contributed by atoms with Crippen molar-refractivity contribution < 1.29 is 22.6 Å². The molecule has 0 aliphatic carbocycles. The molecule has 0 saturated carbocycles. The highest BCUT2D eigenvalue weighted by atomic mass is 19.4. The fraction of sp³-hybridized carbons (Fsp3) is 0.364. The van der Waals surface area contributed by atoms with Crippen molar-refractivity contribution >= 4 is 16.9 Å². The Hall–Kier alpha value is -3.23. The van der Waals surface area contributed by atoms with Crippen LogP contribution in [0, 0.1) is 6.92 Å². The van der Waals surface area contributed by atoms with Crippen LogP contribution in [0.5, 0.6) is 11.5 Å². The summed E-state index contributed by atoms with van der Waals surface area (Å²) in [5.41, 5.74) is 1.32. The van der Waals surface area contributed by atoms with Gasteiger partial charge in [0.2, 0.25) is 5.95 Å². The highest BCUT2D eigenvalue weighted by Crippen LogP contribution is 2.36. The quantitative estimate of drug-likeness (QED) is 0.661. The van der Waals surface area contributed by atoms with Crippen LogP contribution in [0.2, 0.25) is 0 Å². The Morgan fingerprint density at radius 3 is 2.55 bits per heavy atom. The summed E-state index contributed by atoms with van der Waals surface area (Å²) < 4.78 is 53.0. The molecule has 1 unspecified atom stereocenters. The predicted molar refractivity (Wildman–Crippen MR) is 111 cm³/mol. The number of halogens is 3. The number of nitrogens with one attached hydrogen (secondary N) is 1. The molecule has 6 nitrogen and oxygen atoms in total. The van der Waals surface area contributed by atoms with E-state index in [1.807, 2.05) is 10.6 Å². The second kappa shape index (κ2) is 7.79. The molecule has 1 aromatic heterocycles. The highest BCUT2D eigenvalue weighted by molar-refractivity contribution is 5.83. The molecule has 0 bridgehead atoms. The van der Waals surface area contributed by atoms with Gasteiger partial charge in [-0.1, -0.05) is 12.1 Å². The van der Waals surface area contributed by atoms with Gasteiger partial charge in [0.05, 0.1) is 31.3 Å². The van der Waals surface area contributed by atoms with Gasteiger partial charge in [-0.05, 0) is 37.1 Å². The van der Waals surface area contributed by atoms with Gasteiger partial charge in [-0.2, -0.15) is 18.2 Å². The Morgan fingerprint density at radius 1 is 1.16 bits per heavy atom. The number of alkyl halides is 3. The van der Waals surface area contributed by atoms with Crippen LogP contribution in [0.3, 0.4) is 0 Å². The minimum atomic E-state index is -4.41. The van der Waals surface area contributed by atoms with Crippen LogP contribution >= 0.6 is 0 Å². The van der Waals surface area contributed by atoms with E-state index in [1.54, 1.807) is 33.3 Å². The Kier molecular flexibility index (Phi) is 5.28. The molecular formula is C22H23F3N4O2. The van der Waals surface area contributed by atoms with Crippen molar-refractivity contribution in [1.82, 2.24) is 9.55 Å². The van der Waals surface area contributed by atoms with Gasteiger partial charge in [0, 0.05) is 24.5 Å². The Balaban J connectivity index is 1.93. The molecule has 0 amide bonds. The van der Waals surface area contributed by atoms with Crippen molar-refractivity contribution in [2.45, 2.75) is 32.6 Å². The van der Waals surface area contributed by atoms with Crippen LogP contribution in [-0.2, 0) is 12.7 Å². The average Bonchev–Trinajstić information content (AvgIpc) is 3.20.